The van der Waals surface area contributed by atoms with Crippen LogP contribution in [0.1, 0.15) is 19.3 Å². The number of hydrogen-bond acceptors (Lipinski definition) is 3. The van der Waals surface area contributed by atoms with Gasteiger partial charge in [-0.2, -0.15) is 13.2 Å². The molecule has 0 bridgehead atoms. The molecule has 100 valence electrons. The lowest BCUT2D eigenvalue weighted by Gasteiger charge is -2.31. The van der Waals surface area contributed by atoms with Crippen LogP contribution in [-0.2, 0) is 9.63 Å². The van der Waals surface area contributed by atoms with Crippen LogP contribution in [0.25, 0.3) is 0 Å². The third-order valence-corrected chi connectivity index (χ3v) is 3.00. The van der Waals surface area contributed by atoms with E-state index in [1.165, 1.54) is 14.2 Å². The van der Waals surface area contributed by atoms with Crippen LogP contribution in [-0.4, -0.2) is 43.9 Å². The predicted octanol–water partition coefficient (Wildman–Crippen LogP) is 1.33. The molecule has 1 aliphatic rings. The monoisotopic (exact) mass is 254 g/mol. The van der Waals surface area contributed by atoms with Crippen molar-refractivity contribution in [3.05, 3.63) is 0 Å². The molecule has 1 N–H and O–H groups in total. The molecule has 17 heavy (non-hydrogen) atoms. The molecule has 1 rings (SSSR count). The summed E-state index contributed by atoms with van der Waals surface area (Å²) in [7, 11) is 2.85. The number of nitrogens with one attached hydrogen (secondary N) is 1. The molecule has 4 nitrogen and oxygen atoms in total. The van der Waals surface area contributed by atoms with Crippen molar-refractivity contribution in [2.75, 3.05) is 20.7 Å². The summed E-state index contributed by atoms with van der Waals surface area (Å²) in [6, 6.07) is -1.44. The zero-order valence-electron chi connectivity index (χ0n) is 9.88. The number of rotatable bonds is 3. The second kappa shape index (κ2) is 5.68. The molecular weight excluding hydrogens is 237 g/mol. The molecule has 0 unspecified atom stereocenters. The summed E-state index contributed by atoms with van der Waals surface area (Å²) in [5, 5.41) is 3.53. The van der Waals surface area contributed by atoms with Crippen molar-refractivity contribution >= 4 is 5.91 Å². The Hall–Kier alpha value is -0.820. The number of carbonyl (C=O) groups excluding carboxylic acids is 1. The number of alkyl halides is 3. The molecule has 0 aromatic rings. The Morgan fingerprint density at radius 3 is 2.53 bits per heavy atom. The number of piperidine rings is 1. The molecule has 2 atom stereocenters. The topological polar surface area (TPSA) is 41.6 Å². The molecule has 1 fully saturated rings. The summed E-state index contributed by atoms with van der Waals surface area (Å²) in [6.45, 7) is 0.216. The largest absolute Gasteiger partial charge is 0.403 e. The number of hydroxylamine groups is 2. The van der Waals surface area contributed by atoms with Gasteiger partial charge in [0.25, 0.3) is 0 Å². The molecule has 1 heterocycles. The maximum atomic E-state index is 12.4. The molecule has 0 radical (unpaired) electrons. The zero-order valence-corrected chi connectivity index (χ0v) is 9.88. The van der Waals surface area contributed by atoms with Crippen LogP contribution >= 0.6 is 0 Å². The molecule has 0 aliphatic carbocycles. The Bertz CT molecular complexity index is 263. The number of hydrogen-bond donors (Lipinski definition) is 1. The summed E-state index contributed by atoms with van der Waals surface area (Å²) in [5.41, 5.74) is 0. The maximum absolute atomic E-state index is 12.4. The average Bonchev–Trinajstić information content (AvgIpc) is 2.27. The number of nitrogens with zero attached hydrogens (tertiary/aromatic N) is 1. The van der Waals surface area contributed by atoms with Gasteiger partial charge < -0.3 is 5.32 Å². The minimum absolute atomic E-state index is 0.0259. The minimum atomic E-state index is -4.20. The van der Waals surface area contributed by atoms with E-state index in [0.717, 1.165) is 5.06 Å². The second-order valence-electron chi connectivity index (χ2n) is 4.22. The quantitative estimate of drug-likeness (QED) is 0.772. The van der Waals surface area contributed by atoms with Crippen LogP contribution in [0.4, 0.5) is 13.2 Å². The fraction of sp³-hybridized carbons (Fsp3) is 0.900. The van der Waals surface area contributed by atoms with Crippen LogP contribution in [0.3, 0.4) is 0 Å². The molecule has 0 spiro atoms. The van der Waals surface area contributed by atoms with E-state index in [2.05, 4.69) is 5.32 Å². The van der Waals surface area contributed by atoms with Gasteiger partial charge in [-0.25, -0.2) is 5.06 Å². The SMILES string of the molecule is CON(C)C(=O)C[C@@H]1CC[C@@H](C(F)(F)F)NC1. The van der Waals surface area contributed by atoms with Crippen LogP contribution in [0, 0.1) is 5.92 Å². The summed E-state index contributed by atoms with van der Waals surface area (Å²) in [4.78, 5) is 16.2. The predicted molar refractivity (Wildman–Crippen MR) is 55.0 cm³/mol. The lowest BCUT2D eigenvalue weighted by Crippen LogP contribution is -2.48. The summed E-state index contributed by atoms with van der Waals surface area (Å²) < 4.78 is 37.1. The highest BCUT2D eigenvalue weighted by molar-refractivity contribution is 5.75. The van der Waals surface area contributed by atoms with Crippen LogP contribution in [0.2, 0.25) is 0 Å². The van der Waals surface area contributed by atoms with Crippen molar-refractivity contribution in [1.82, 2.24) is 10.4 Å². The van der Waals surface area contributed by atoms with Gasteiger partial charge in [0.1, 0.15) is 6.04 Å². The van der Waals surface area contributed by atoms with E-state index >= 15 is 0 Å². The Labute approximate surface area is 98.1 Å². The standard InChI is InChI=1S/C10H17F3N2O2/c1-15(17-2)9(16)5-7-3-4-8(14-6-7)10(11,12)13/h7-8,14H,3-6H2,1-2H3/t7-,8-/m0/s1. The van der Waals surface area contributed by atoms with Gasteiger partial charge in [-0.3, -0.25) is 9.63 Å². The fourth-order valence-corrected chi connectivity index (χ4v) is 1.85. The van der Waals surface area contributed by atoms with Crippen molar-refractivity contribution in [3.63, 3.8) is 0 Å². The van der Waals surface area contributed by atoms with Crippen molar-refractivity contribution < 1.29 is 22.8 Å². The van der Waals surface area contributed by atoms with Gasteiger partial charge in [-0.15, -0.1) is 0 Å². The number of halogens is 3. The average molecular weight is 254 g/mol. The van der Waals surface area contributed by atoms with Gasteiger partial charge in [0.2, 0.25) is 5.91 Å². The molecule has 7 heteroatoms. The van der Waals surface area contributed by atoms with Gasteiger partial charge in [0.05, 0.1) is 7.11 Å². The van der Waals surface area contributed by atoms with E-state index in [9.17, 15) is 18.0 Å². The third kappa shape index (κ3) is 4.16. The normalized spacial score (nSPS) is 25.7. The first kappa shape index (κ1) is 14.2. The van der Waals surface area contributed by atoms with Gasteiger partial charge in [-0.1, -0.05) is 0 Å². The van der Waals surface area contributed by atoms with Crippen molar-refractivity contribution in [3.8, 4) is 0 Å². The van der Waals surface area contributed by atoms with Gasteiger partial charge in [-0.05, 0) is 25.3 Å². The van der Waals surface area contributed by atoms with Gasteiger partial charge >= 0.3 is 6.18 Å². The van der Waals surface area contributed by atoms with E-state index in [4.69, 9.17) is 4.84 Å². The Morgan fingerprint density at radius 1 is 1.47 bits per heavy atom. The lowest BCUT2D eigenvalue weighted by molar-refractivity contribution is -0.171. The third-order valence-electron chi connectivity index (χ3n) is 3.00. The van der Waals surface area contributed by atoms with E-state index < -0.39 is 12.2 Å². The van der Waals surface area contributed by atoms with Crippen LogP contribution < -0.4 is 5.32 Å². The number of amides is 1. The van der Waals surface area contributed by atoms with E-state index in [1.54, 1.807) is 0 Å². The molecule has 0 saturated carbocycles. The molecule has 1 aliphatic heterocycles. The van der Waals surface area contributed by atoms with Crippen molar-refractivity contribution in [2.45, 2.75) is 31.5 Å². The smallest absolute Gasteiger partial charge is 0.306 e. The van der Waals surface area contributed by atoms with Crippen LogP contribution in [0.15, 0.2) is 0 Å². The van der Waals surface area contributed by atoms with E-state index in [-0.39, 0.29) is 31.2 Å². The molecule has 0 aromatic carbocycles. The van der Waals surface area contributed by atoms with Gasteiger partial charge in [0.15, 0.2) is 0 Å². The molecular formula is C10H17F3N2O2. The summed E-state index contributed by atoms with van der Waals surface area (Å²) in [6.07, 6.45) is -3.56. The van der Waals surface area contributed by atoms with E-state index in [0.29, 0.717) is 6.42 Å². The zero-order chi connectivity index (χ0) is 13.1. The maximum Gasteiger partial charge on any atom is 0.403 e. The molecule has 1 saturated heterocycles. The van der Waals surface area contributed by atoms with Crippen LogP contribution in [0.5, 0.6) is 0 Å². The highest BCUT2D eigenvalue weighted by atomic mass is 19.4. The van der Waals surface area contributed by atoms with E-state index in [1.807, 2.05) is 0 Å². The first-order valence-corrected chi connectivity index (χ1v) is 5.45. The lowest BCUT2D eigenvalue weighted by atomic mass is 9.91. The Balaban J connectivity index is 2.35. The Kier molecular flexibility index (Phi) is 4.76. The highest BCUT2D eigenvalue weighted by Gasteiger charge is 2.41. The summed E-state index contributed by atoms with van der Waals surface area (Å²) >= 11 is 0. The fourth-order valence-electron chi connectivity index (χ4n) is 1.85. The highest BCUT2D eigenvalue weighted by Crippen LogP contribution is 2.29. The molecule has 0 aromatic heterocycles. The van der Waals surface area contributed by atoms with Crippen molar-refractivity contribution in [2.24, 2.45) is 5.92 Å². The first-order valence-electron chi connectivity index (χ1n) is 5.45. The van der Waals surface area contributed by atoms with Crippen molar-refractivity contribution in [1.29, 1.82) is 0 Å². The van der Waals surface area contributed by atoms with Gasteiger partial charge in [0, 0.05) is 13.5 Å². The molecule has 1 amide bonds. The first-order chi connectivity index (χ1) is 7.84. The minimum Gasteiger partial charge on any atom is -0.306 e. The summed E-state index contributed by atoms with van der Waals surface area (Å²) in [5.74, 6) is -0.275. The Morgan fingerprint density at radius 2 is 2.12 bits per heavy atom. The second-order valence-corrected chi connectivity index (χ2v) is 4.22. The number of carbonyl (C=O) groups is 1.